The second-order valence-corrected chi connectivity index (χ2v) is 6.44. The van der Waals surface area contributed by atoms with Gasteiger partial charge >= 0.3 is 0 Å². The van der Waals surface area contributed by atoms with E-state index in [-0.39, 0.29) is 11.9 Å². The predicted octanol–water partition coefficient (Wildman–Crippen LogP) is 1.93. The number of benzene rings is 1. The molecule has 0 aromatic heterocycles. The molecule has 1 amide bonds. The lowest BCUT2D eigenvalue weighted by Crippen LogP contribution is -2.46. The van der Waals surface area contributed by atoms with Crippen LogP contribution < -0.4 is 11.1 Å². The van der Waals surface area contributed by atoms with Gasteiger partial charge in [-0.15, -0.1) is 0 Å². The third-order valence-corrected chi connectivity index (χ3v) is 4.07. The largest absolute Gasteiger partial charge is 0.392 e. The molecular weight excluding hydrogens is 338 g/mol. The zero-order valence-corrected chi connectivity index (χ0v) is 13.5. The quantitative estimate of drug-likeness (QED) is 0.810. The van der Waals surface area contributed by atoms with E-state index < -0.39 is 0 Å². The van der Waals surface area contributed by atoms with Crippen LogP contribution in [0.15, 0.2) is 28.7 Å². The number of carbonyl (C=O) groups excluding carboxylic acids is 1. The van der Waals surface area contributed by atoms with Crippen molar-refractivity contribution < 1.29 is 4.79 Å². The highest BCUT2D eigenvalue weighted by Gasteiger charge is 2.21. The van der Waals surface area contributed by atoms with Gasteiger partial charge in [0.15, 0.2) is 0 Å². The zero-order valence-electron chi connectivity index (χ0n) is 11.1. The molecule has 1 heterocycles. The summed E-state index contributed by atoms with van der Waals surface area (Å²) in [5, 5.41) is 3.08. The molecule has 108 valence electrons. The van der Waals surface area contributed by atoms with Crippen molar-refractivity contribution in [3.63, 3.8) is 0 Å². The van der Waals surface area contributed by atoms with E-state index in [9.17, 15) is 4.79 Å². The van der Waals surface area contributed by atoms with Crippen LogP contribution in [-0.2, 0) is 0 Å². The van der Waals surface area contributed by atoms with Gasteiger partial charge in [-0.2, -0.15) is 0 Å². The zero-order chi connectivity index (χ0) is 14.5. The van der Waals surface area contributed by atoms with Gasteiger partial charge in [-0.1, -0.05) is 28.1 Å². The second kappa shape index (κ2) is 7.15. The molecule has 0 spiro atoms. The summed E-state index contributed by atoms with van der Waals surface area (Å²) in [7, 11) is 0. The maximum atomic E-state index is 12.1. The Morgan fingerprint density at radius 2 is 1.95 bits per heavy atom. The van der Waals surface area contributed by atoms with E-state index in [4.69, 9.17) is 18.0 Å². The van der Waals surface area contributed by atoms with Gasteiger partial charge in [0, 0.05) is 35.7 Å². The normalized spacial score (nSPS) is 16.9. The number of nitrogens with zero attached hydrogens (tertiary/aromatic N) is 1. The van der Waals surface area contributed by atoms with Crippen molar-refractivity contribution in [3.8, 4) is 0 Å². The van der Waals surface area contributed by atoms with Gasteiger partial charge in [0.25, 0.3) is 5.91 Å². The number of likely N-dealkylation sites (tertiary alicyclic amines) is 1. The Kier molecular flexibility index (Phi) is 5.51. The fourth-order valence-electron chi connectivity index (χ4n) is 2.33. The van der Waals surface area contributed by atoms with Gasteiger partial charge in [-0.05, 0) is 37.1 Å². The van der Waals surface area contributed by atoms with E-state index in [1.54, 1.807) is 0 Å². The highest BCUT2D eigenvalue weighted by Crippen LogP contribution is 2.13. The SMILES string of the molecule is NC(=S)CN1CCC(NC(=O)c2ccc(Br)cc2)CC1. The Labute approximate surface area is 132 Å². The average molecular weight is 356 g/mol. The molecule has 0 unspecified atom stereocenters. The first-order valence-electron chi connectivity index (χ1n) is 6.61. The molecule has 0 bridgehead atoms. The molecule has 1 aromatic carbocycles. The molecule has 1 aromatic rings. The van der Waals surface area contributed by atoms with Crippen molar-refractivity contribution in [2.24, 2.45) is 5.73 Å². The maximum absolute atomic E-state index is 12.1. The summed E-state index contributed by atoms with van der Waals surface area (Å²) < 4.78 is 0.972. The van der Waals surface area contributed by atoms with Crippen LogP contribution in [0.1, 0.15) is 23.2 Å². The number of hydrogen-bond donors (Lipinski definition) is 2. The van der Waals surface area contributed by atoms with Gasteiger partial charge in [-0.25, -0.2) is 0 Å². The molecule has 0 aliphatic carbocycles. The van der Waals surface area contributed by atoms with Crippen molar-refractivity contribution in [2.45, 2.75) is 18.9 Å². The third kappa shape index (κ3) is 4.54. The number of amides is 1. The molecule has 0 radical (unpaired) electrons. The maximum Gasteiger partial charge on any atom is 0.251 e. The highest BCUT2D eigenvalue weighted by atomic mass is 79.9. The molecule has 1 fully saturated rings. The van der Waals surface area contributed by atoms with E-state index in [1.807, 2.05) is 24.3 Å². The molecule has 1 saturated heterocycles. The highest BCUT2D eigenvalue weighted by molar-refractivity contribution is 9.10. The summed E-state index contributed by atoms with van der Waals surface area (Å²) in [6.45, 7) is 2.51. The number of halogens is 1. The van der Waals surface area contributed by atoms with Crippen LogP contribution in [-0.4, -0.2) is 41.5 Å². The standard InChI is InChI=1S/C14H18BrN3OS/c15-11-3-1-10(2-4-11)14(19)17-12-5-7-18(8-6-12)9-13(16)20/h1-4,12H,5-9H2,(H2,16,20)(H,17,19). The van der Waals surface area contributed by atoms with Gasteiger partial charge in [0.1, 0.15) is 0 Å². The van der Waals surface area contributed by atoms with Crippen LogP contribution in [0.25, 0.3) is 0 Å². The fraction of sp³-hybridized carbons (Fsp3) is 0.429. The molecule has 1 aliphatic heterocycles. The van der Waals surface area contributed by atoms with Crippen LogP contribution >= 0.6 is 28.1 Å². The van der Waals surface area contributed by atoms with Crippen molar-refractivity contribution in [3.05, 3.63) is 34.3 Å². The van der Waals surface area contributed by atoms with E-state index in [0.717, 1.165) is 30.4 Å². The molecule has 4 nitrogen and oxygen atoms in total. The first-order valence-corrected chi connectivity index (χ1v) is 7.82. The Balaban J connectivity index is 1.82. The molecule has 6 heteroatoms. The average Bonchev–Trinajstić information content (AvgIpc) is 2.41. The van der Waals surface area contributed by atoms with Crippen molar-refractivity contribution in [2.75, 3.05) is 19.6 Å². The van der Waals surface area contributed by atoms with Crippen molar-refractivity contribution in [1.82, 2.24) is 10.2 Å². The number of thiocarbonyl (C=S) groups is 1. The van der Waals surface area contributed by atoms with E-state index in [1.165, 1.54) is 0 Å². The summed E-state index contributed by atoms with van der Waals surface area (Å²) in [5.41, 5.74) is 6.24. The summed E-state index contributed by atoms with van der Waals surface area (Å²) in [5.74, 6) is -0.00899. The Morgan fingerprint density at radius 1 is 1.35 bits per heavy atom. The van der Waals surface area contributed by atoms with Crippen LogP contribution in [0.4, 0.5) is 0 Å². The van der Waals surface area contributed by atoms with Gasteiger partial charge in [0.05, 0.1) is 4.99 Å². The summed E-state index contributed by atoms with van der Waals surface area (Å²) >= 11 is 8.27. The number of carbonyl (C=O) groups is 1. The second-order valence-electron chi connectivity index (χ2n) is 5.00. The first-order chi connectivity index (χ1) is 9.54. The monoisotopic (exact) mass is 355 g/mol. The Hall–Kier alpha value is -0.980. The minimum absolute atomic E-state index is 0.00899. The number of nitrogens with one attached hydrogen (secondary N) is 1. The number of rotatable bonds is 4. The summed E-state index contributed by atoms with van der Waals surface area (Å²) in [6, 6.07) is 7.62. The molecule has 1 aliphatic rings. The fourth-order valence-corrected chi connectivity index (χ4v) is 2.77. The van der Waals surface area contributed by atoms with Crippen molar-refractivity contribution in [1.29, 1.82) is 0 Å². The van der Waals surface area contributed by atoms with E-state index >= 15 is 0 Å². The molecule has 20 heavy (non-hydrogen) atoms. The lowest BCUT2D eigenvalue weighted by atomic mass is 10.0. The first kappa shape index (κ1) is 15.4. The number of hydrogen-bond acceptors (Lipinski definition) is 3. The van der Waals surface area contributed by atoms with Crippen LogP contribution in [0.2, 0.25) is 0 Å². The third-order valence-electron chi connectivity index (χ3n) is 3.41. The minimum atomic E-state index is -0.00899. The number of piperidine rings is 1. The minimum Gasteiger partial charge on any atom is -0.392 e. The van der Waals surface area contributed by atoms with E-state index in [0.29, 0.717) is 17.1 Å². The predicted molar refractivity (Wildman–Crippen MR) is 87.9 cm³/mol. The number of nitrogens with two attached hydrogens (primary N) is 1. The van der Waals surface area contributed by atoms with Crippen molar-refractivity contribution >= 4 is 39.0 Å². The molecular formula is C14H18BrN3OS. The van der Waals surface area contributed by atoms with Crippen LogP contribution in [0, 0.1) is 0 Å². The van der Waals surface area contributed by atoms with Gasteiger partial charge in [0.2, 0.25) is 0 Å². The molecule has 2 rings (SSSR count). The van der Waals surface area contributed by atoms with E-state index in [2.05, 4.69) is 26.1 Å². The smallest absolute Gasteiger partial charge is 0.251 e. The van der Waals surface area contributed by atoms with Crippen LogP contribution in [0.5, 0.6) is 0 Å². The topological polar surface area (TPSA) is 58.4 Å². The lowest BCUT2D eigenvalue weighted by Gasteiger charge is -2.31. The molecule has 3 N–H and O–H groups in total. The lowest BCUT2D eigenvalue weighted by molar-refractivity contribution is 0.0915. The Morgan fingerprint density at radius 3 is 2.50 bits per heavy atom. The van der Waals surface area contributed by atoms with Gasteiger partial charge < -0.3 is 11.1 Å². The van der Waals surface area contributed by atoms with Crippen LogP contribution in [0.3, 0.4) is 0 Å². The molecule has 0 atom stereocenters. The van der Waals surface area contributed by atoms with Gasteiger partial charge in [-0.3, -0.25) is 9.69 Å². The Bertz CT molecular complexity index is 484. The summed E-state index contributed by atoms with van der Waals surface area (Å²) in [4.78, 5) is 14.9. The molecule has 0 saturated carbocycles. The summed E-state index contributed by atoms with van der Waals surface area (Å²) in [6.07, 6.45) is 1.87.